The molecule has 0 aromatic heterocycles. The van der Waals surface area contributed by atoms with Crippen LogP contribution < -0.4 is 14.4 Å². The van der Waals surface area contributed by atoms with Crippen LogP contribution in [0.1, 0.15) is 43.9 Å². The molecule has 248 valence electrons. The molecule has 4 aromatic carbocycles. The van der Waals surface area contributed by atoms with Crippen LogP contribution in [0.3, 0.4) is 0 Å². The topological polar surface area (TPSA) is 96.0 Å². The molecule has 4 aromatic rings. The number of aryl methyl sites for hydroxylation is 1. The molecule has 8 nitrogen and oxygen atoms in total. The van der Waals surface area contributed by atoms with Gasteiger partial charge in [-0.1, -0.05) is 77.5 Å². The Morgan fingerprint density at radius 3 is 2.13 bits per heavy atom. The molecule has 4 rings (SSSR count). The third-order valence-corrected chi connectivity index (χ3v) is 10.3. The van der Waals surface area contributed by atoms with Crippen molar-refractivity contribution in [1.82, 2.24) is 10.2 Å². The predicted molar refractivity (Wildman–Crippen MR) is 190 cm³/mol. The van der Waals surface area contributed by atoms with Gasteiger partial charge in [-0.2, -0.15) is 0 Å². The highest BCUT2D eigenvalue weighted by Crippen LogP contribution is 2.28. The number of halogens is 1. The summed E-state index contributed by atoms with van der Waals surface area (Å²) >= 11 is 3.37. The summed E-state index contributed by atoms with van der Waals surface area (Å²) < 4.78 is 35.9. The summed E-state index contributed by atoms with van der Waals surface area (Å²) in [6, 6.07) is 29.1. The smallest absolute Gasteiger partial charge is 0.264 e. The number of carbonyl (C=O) groups is 2. The molecule has 0 saturated carbocycles. The van der Waals surface area contributed by atoms with Crippen LogP contribution in [0.4, 0.5) is 5.69 Å². The fraction of sp³-hybridized carbons (Fsp3) is 0.297. The van der Waals surface area contributed by atoms with Crippen LogP contribution in [0.5, 0.6) is 5.75 Å². The maximum Gasteiger partial charge on any atom is 0.264 e. The Labute approximate surface area is 286 Å². The number of carbonyl (C=O) groups excluding carboxylic acids is 2. The van der Waals surface area contributed by atoms with E-state index in [2.05, 4.69) is 21.2 Å². The number of nitrogens with one attached hydrogen (secondary N) is 1. The zero-order valence-electron chi connectivity index (χ0n) is 27.2. The summed E-state index contributed by atoms with van der Waals surface area (Å²) in [6.45, 7) is 7.76. The van der Waals surface area contributed by atoms with E-state index in [1.54, 1.807) is 36.4 Å². The Bertz CT molecular complexity index is 1730. The Kier molecular flexibility index (Phi) is 12.6. The fourth-order valence-electron chi connectivity index (χ4n) is 5.10. The van der Waals surface area contributed by atoms with E-state index >= 15 is 0 Å². The first-order valence-corrected chi connectivity index (χ1v) is 18.0. The number of hydrogen-bond acceptors (Lipinski definition) is 5. The first-order valence-electron chi connectivity index (χ1n) is 15.7. The van der Waals surface area contributed by atoms with Gasteiger partial charge in [0.2, 0.25) is 11.8 Å². The lowest BCUT2D eigenvalue weighted by Crippen LogP contribution is -2.54. The van der Waals surface area contributed by atoms with Crippen molar-refractivity contribution in [1.29, 1.82) is 0 Å². The molecule has 0 aliphatic rings. The Morgan fingerprint density at radius 2 is 1.51 bits per heavy atom. The highest BCUT2D eigenvalue weighted by Gasteiger charge is 2.35. The van der Waals surface area contributed by atoms with Crippen LogP contribution in [0.15, 0.2) is 112 Å². The van der Waals surface area contributed by atoms with E-state index < -0.39 is 28.5 Å². The average molecular weight is 721 g/mol. The van der Waals surface area contributed by atoms with Crippen molar-refractivity contribution >= 4 is 43.5 Å². The molecule has 2 amide bonds. The van der Waals surface area contributed by atoms with Gasteiger partial charge in [0, 0.05) is 23.5 Å². The van der Waals surface area contributed by atoms with Crippen LogP contribution in [0.25, 0.3) is 0 Å². The van der Waals surface area contributed by atoms with Crippen LogP contribution in [0, 0.1) is 6.92 Å². The van der Waals surface area contributed by atoms with Gasteiger partial charge < -0.3 is 15.0 Å². The molecule has 0 fully saturated rings. The lowest BCUT2D eigenvalue weighted by atomic mass is 10.0. The molecular formula is C37H42BrN3O5S. The second-order valence-corrected chi connectivity index (χ2v) is 14.1. The highest BCUT2D eigenvalue weighted by atomic mass is 79.9. The lowest BCUT2D eigenvalue weighted by Gasteiger charge is -2.34. The normalized spacial score (nSPS) is 12.5. The third-order valence-electron chi connectivity index (χ3n) is 7.99. The number of ether oxygens (including phenoxy) is 1. The summed E-state index contributed by atoms with van der Waals surface area (Å²) in [5.74, 6) is -0.231. The number of amides is 2. The van der Waals surface area contributed by atoms with E-state index in [1.165, 1.54) is 17.0 Å². The highest BCUT2D eigenvalue weighted by molar-refractivity contribution is 9.10. The van der Waals surface area contributed by atoms with Crippen LogP contribution in [-0.2, 0) is 32.6 Å². The second-order valence-electron chi connectivity index (χ2n) is 11.4. The van der Waals surface area contributed by atoms with Crippen LogP contribution in [-0.4, -0.2) is 50.4 Å². The number of rotatable bonds is 15. The second kappa shape index (κ2) is 16.6. The minimum atomic E-state index is -4.21. The molecular weight excluding hydrogens is 678 g/mol. The van der Waals surface area contributed by atoms with Crippen molar-refractivity contribution < 1.29 is 22.7 Å². The minimum absolute atomic E-state index is 0.0307. The lowest BCUT2D eigenvalue weighted by molar-refractivity contribution is -0.140. The van der Waals surface area contributed by atoms with Gasteiger partial charge in [0.15, 0.2) is 0 Å². The van der Waals surface area contributed by atoms with Gasteiger partial charge in [0.05, 0.1) is 17.2 Å². The van der Waals surface area contributed by atoms with Gasteiger partial charge >= 0.3 is 0 Å². The van der Waals surface area contributed by atoms with E-state index in [1.807, 2.05) is 82.3 Å². The molecule has 47 heavy (non-hydrogen) atoms. The molecule has 0 aliphatic heterocycles. The number of benzene rings is 4. The summed E-state index contributed by atoms with van der Waals surface area (Å²) in [7, 11) is -4.21. The van der Waals surface area contributed by atoms with Gasteiger partial charge in [0.1, 0.15) is 18.3 Å². The molecule has 2 atom stereocenters. The Morgan fingerprint density at radius 1 is 0.872 bits per heavy atom. The first kappa shape index (κ1) is 35.7. The third kappa shape index (κ3) is 9.45. The quantitative estimate of drug-likeness (QED) is 0.144. The van der Waals surface area contributed by atoms with Gasteiger partial charge in [-0.05, 0) is 92.4 Å². The van der Waals surface area contributed by atoms with Crippen molar-refractivity contribution in [3.8, 4) is 5.75 Å². The first-order chi connectivity index (χ1) is 22.5. The van der Waals surface area contributed by atoms with Crippen LogP contribution >= 0.6 is 15.9 Å². The molecule has 0 aliphatic carbocycles. The van der Waals surface area contributed by atoms with Gasteiger partial charge in [-0.25, -0.2) is 8.42 Å². The average Bonchev–Trinajstić information content (AvgIpc) is 3.07. The Balaban J connectivity index is 1.81. The number of hydrogen-bond donors (Lipinski definition) is 1. The van der Waals surface area contributed by atoms with Crippen molar-refractivity contribution in [3.05, 3.63) is 124 Å². The molecule has 0 saturated heterocycles. The Hall–Kier alpha value is -4.15. The van der Waals surface area contributed by atoms with Crippen molar-refractivity contribution in [2.75, 3.05) is 17.5 Å². The fourth-order valence-corrected chi connectivity index (χ4v) is 6.78. The van der Waals surface area contributed by atoms with Crippen molar-refractivity contribution in [2.24, 2.45) is 0 Å². The van der Waals surface area contributed by atoms with Crippen molar-refractivity contribution in [3.63, 3.8) is 0 Å². The van der Waals surface area contributed by atoms with Gasteiger partial charge in [-0.3, -0.25) is 13.9 Å². The molecule has 0 spiro atoms. The number of anilines is 1. The molecule has 0 heterocycles. The number of sulfonamides is 1. The summed E-state index contributed by atoms with van der Waals surface area (Å²) in [5, 5.41) is 3.07. The van der Waals surface area contributed by atoms with E-state index in [0.29, 0.717) is 24.5 Å². The van der Waals surface area contributed by atoms with Crippen molar-refractivity contribution in [2.45, 2.75) is 64.1 Å². The van der Waals surface area contributed by atoms with Crippen LogP contribution in [0.2, 0.25) is 0 Å². The van der Waals surface area contributed by atoms with E-state index in [0.717, 1.165) is 25.5 Å². The van der Waals surface area contributed by atoms with Gasteiger partial charge in [0.25, 0.3) is 10.0 Å². The zero-order valence-corrected chi connectivity index (χ0v) is 29.6. The maximum absolute atomic E-state index is 14.6. The van der Waals surface area contributed by atoms with E-state index in [4.69, 9.17) is 4.74 Å². The summed E-state index contributed by atoms with van der Waals surface area (Å²) in [6.07, 6.45) is 0.968. The molecule has 0 radical (unpaired) electrons. The molecule has 0 bridgehead atoms. The molecule has 10 heteroatoms. The predicted octanol–water partition coefficient (Wildman–Crippen LogP) is 6.91. The SMILES string of the molecule is CCOc1ccc(N(CC(=O)N(Cc2ccccc2C)[C@@H](Cc2ccccc2)C(=O)N[C@H](C)CC)S(=O)(=O)c2ccc(Br)cc2)cc1. The largest absolute Gasteiger partial charge is 0.494 e. The summed E-state index contributed by atoms with van der Waals surface area (Å²) in [4.78, 5) is 30.2. The van der Waals surface area contributed by atoms with E-state index in [9.17, 15) is 18.0 Å². The molecule has 0 unspecified atom stereocenters. The van der Waals surface area contributed by atoms with Gasteiger partial charge in [-0.15, -0.1) is 0 Å². The monoisotopic (exact) mass is 719 g/mol. The summed E-state index contributed by atoms with van der Waals surface area (Å²) in [5.41, 5.74) is 2.99. The number of nitrogens with zero attached hydrogens (tertiary/aromatic N) is 2. The molecule has 1 N–H and O–H groups in total. The zero-order chi connectivity index (χ0) is 34.0. The standard InChI is InChI=1S/C37H42BrN3O5S/c1-5-28(4)39-37(43)35(24-29-13-8-7-9-14-29)40(25-30-15-11-10-12-27(30)3)36(42)26-41(32-18-20-33(21-19-32)46-6-2)47(44,45)34-22-16-31(38)17-23-34/h7-23,28,35H,5-6,24-26H2,1-4H3,(H,39,43)/t28-,35+/m1/s1. The minimum Gasteiger partial charge on any atom is -0.494 e. The van der Waals surface area contributed by atoms with E-state index in [-0.39, 0.29) is 29.8 Å². The maximum atomic E-state index is 14.6.